The topological polar surface area (TPSA) is 112 Å². The Balaban J connectivity index is 1.74. The third-order valence-corrected chi connectivity index (χ3v) is 4.85. The number of halogens is 4. The van der Waals surface area contributed by atoms with Gasteiger partial charge in [-0.2, -0.15) is 18.3 Å². The number of hydrogen-bond acceptors (Lipinski definition) is 7. The van der Waals surface area contributed by atoms with Crippen molar-refractivity contribution in [2.24, 2.45) is 5.84 Å². The van der Waals surface area contributed by atoms with E-state index in [-0.39, 0.29) is 17.3 Å². The van der Waals surface area contributed by atoms with Crippen LogP contribution in [-0.2, 0) is 13.0 Å². The van der Waals surface area contributed by atoms with Gasteiger partial charge in [0.1, 0.15) is 5.02 Å². The lowest BCUT2D eigenvalue weighted by Crippen LogP contribution is -2.42. The molecule has 1 aliphatic heterocycles. The van der Waals surface area contributed by atoms with Gasteiger partial charge in [0.25, 0.3) is 5.56 Å². The number of rotatable bonds is 6. The van der Waals surface area contributed by atoms with E-state index in [2.05, 4.69) is 25.9 Å². The molecule has 156 valence electrons. The lowest BCUT2D eigenvalue weighted by molar-refractivity contribution is -0.128. The fourth-order valence-electron chi connectivity index (χ4n) is 3.07. The molecule has 0 spiro atoms. The Bertz CT molecular complexity index is 961. The van der Waals surface area contributed by atoms with E-state index in [0.717, 1.165) is 5.70 Å². The second kappa shape index (κ2) is 8.70. The number of H-pyrrole nitrogens is 1. The smallest absolute Gasteiger partial charge is 0.383 e. The molecular weight excluding hydrogens is 411 g/mol. The maximum absolute atomic E-state index is 12.8. The maximum atomic E-state index is 12.8. The van der Waals surface area contributed by atoms with Gasteiger partial charge in [-0.3, -0.25) is 15.6 Å². The van der Waals surface area contributed by atoms with Crippen LogP contribution in [0.2, 0.25) is 5.02 Å². The number of hydrazine groups is 1. The monoisotopic (exact) mass is 429 g/mol. The summed E-state index contributed by atoms with van der Waals surface area (Å²) in [5.74, 6) is 5.63. The van der Waals surface area contributed by atoms with Crippen LogP contribution in [0.4, 0.5) is 18.9 Å². The Hall–Kier alpha value is -2.79. The summed E-state index contributed by atoms with van der Waals surface area (Å²) in [4.78, 5) is 17.4. The number of anilines is 1. The lowest BCUT2D eigenvalue weighted by atomic mass is 10.1. The molecule has 0 atom stereocenters. The standard InChI is InChI=1S/C17H19ClF3N7O/c18-15-14(8-25-27-16(15)29)28-5-3-11(13(9-28)26-22)24-7-10-2-1-4-23-12(10)6-17(19,20)21/h1-2,4,8,24,26H,3,5-7,9,22H2,(H,27,29). The largest absolute Gasteiger partial charge is 0.394 e. The van der Waals surface area contributed by atoms with Crippen LogP contribution in [0.25, 0.3) is 0 Å². The second-order valence-electron chi connectivity index (χ2n) is 6.43. The van der Waals surface area contributed by atoms with E-state index in [1.807, 2.05) is 4.90 Å². The summed E-state index contributed by atoms with van der Waals surface area (Å²) in [6.45, 7) is 1.01. The van der Waals surface area contributed by atoms with E-state index in [4.69, 9.17) is 17.4 Å². The molecule has 0 saturated heterocycles. The van der Waals surface area contributed by atoms with Crippen LogP contribution < -0.4 is 27.0 Å². The zero-order valence-electron chi connectivity index (χ0n) is 15.2. The number of aromatic amines is 1. The van der Waals surface area contributed by atoms with Crippen LogP contribution >= 0.6 is 11.6 Å². The molecule has 3 heterocycles. The van der Waals surface area contributed by atoms with Crippen molar-refractivity contribution in [3.8, 4) is 0 Å². The van der Waals surface area contributed by atoms with E-state index in [9.17, 15) is 18.0 Å². The van der Waals surface area contributed by atoms with E-state index in [0.29, 0.717) is 36.5 Å². The maximum Gasteiger partial charge on any atom is 0.394 e. The molecule has 2 aromatic rings. The van der Waals surface area contributed by atoms with Crippen molar-refractivity contribution in [1.82, 2.24) is 25.9 Å². The molecule has 0 aromatic carbocycles. The van der Waals surface area contributed by atoms with Crippen molar-refractivity contribution in [3.05, 3.63) is 62.6 Å². The van der Waals surface area contributed by atoms with Gasteiger partial charge in [0.05, 0.1) is 36.2 Å². The number of hydrogen-bond donors (Lipinski definition) is 4. The Kier molecular flexibility index (Phi) is 6.28. The van der Waals surface area contributed by atoms with Crippen molar-refractivity contribution in [2.45, 2.75) is 25.6 Å². The summed E-state index contributed by atoms with van der Waals surface area (Å²) in [5, 5.41) is 9.19. The highest BCUT2D eigenvalue weighted by Crippen LogP contribution is 2.26. The average Bonchev–Trinajstić information content (AvgIpc) is 2.68. The third kappa shape index (κ3) is 5.18. The molecule has 0 unspecified atom stereocenters. The van der Waals surface area contributed by atoms with Crippen LogP contribution in [0, 0.1) is 0 Å². The minimum absolute atomic E-state index is 0.0193. The molecule has 0 amide bonds. The molecule has 2 aromatic heterocycles. The van der Waals surface area contributed by atoms with E-state index >= 15 is 0 Å². The third-order valence-electron chi connectivity index (χ3n) is 4.48. The number of nitrogens with one attached hydrogen (secondary N) is 3. The molecule has 0 fully saturated rings. The fourth-order valence-corrected chi connectivity index (χ4v) is 3.28. The van der Waals surface area contributed by atoms with Gasteiger partial charge in [0.15, 0.2) is 0 Å². The van der Waals surface area contributed by atoms with Crippen LogP contribution in [-0.4, -0.2) is 34.4 Å². The summed E-state index contributed by atoms with van der Waals surface area (Å²) in [7, 11) is 0. The SMILES string of the molecule is NNC1=C(NCc2cccnc2CC(F)(F)F)CCN(c2cn[nH]c(=O)c2Cl)C1. The van der Waals surface area contributed by atoms with Crippen LogP contribution in [0.5, 0.6) is 0 Å². The highest BCUT2D eigenvalue weighted by molar-refractivity contribution is 6.33. The predicted octanol–water partition coefficient (Wildman–Crippen LogP) is 1.60. The molecule has 29 heavy (non-hydrogen) atoms. The molecule has 0 radical (unpaired) electrons. The molecule has 8 nitrogen and oxygen atoms in total. The summed E-state index contributed by atoms with van der Waals surface area (Å²) in [6.07, 6.45) is -2.12. The second-order valence-corrected chi connectivity index (χ2v) is 6.80. The molecule has 12 heteroatoms. The van der Waals surface area contributed by atoms with Gasteiger partial charge in [-0.15, -0.1) is 0 Å². The molecule has 3 rings (SSSR count). The van der Waals surface area contributed by atoms with Gasteiger partial charge in [0.2, 0.25) is 0 Å². The van der Waals surface area contributed by atoms with E-state index in [1.165, 1.54) is 12.4 Å². The van der Waals surface area contributed by atoms with E-state index in [1.54, 1.807) is 12.1 Å². The van der Waals surface area contributed by atoms with Crippen LogP contribution in [0.15, 0.2) is 40.7 Å². The highest BCUT2D eigenvalue weighted by atomic mass is 35.5. The van der Waals surface area contributed by atoms with Gasteiger partial charge in [0, 0.05) is 31.4 Å². The number of aromatic nitrogens is 3. The van der Waals surface area contributed by atoms with Crippen molar-refractivity contribution in [3.63, 3.8) is 0 Å². The number of pyridine rings is 1. The highest BCUT2D eigenvalue weighted by Gasteiger charge is 2.29. The molecule has 0 aliphatic carbocycles. The average molecular weight is 430 g/mol. The Morgan fingerprint density at radius 1 is 1.34 bits per heavy atom. The Labute approximate surface area is 168 Å². The molecular formula is C17H19ClF3N7O. The number of alkyl halides is 3. The number of nitrogens with zero attached hydrogens (tertiary/aromatic N) is 3. The summed E-state index contributed by atoms with van der Waals surface area (Å²) < 4.78 is 38.3. The van der Waals surface area contributed by atoms with Crippen LogP contribution in [0.3, 0.4) is 0 Å². The first-order valence-electron chi connectivity index (χ1n) is 8.68. The molecule has 1 aliphatic rings. The lowest BCUT2D eigenvalue weighted by Gasteiger charge is -2.32. The Morgan fingerprint density at radius 2 is 2.14 bits per heavy atom. The fraction of sp³-hybridized carbons (Fsp3) is 0.353. The minimum atomic E-state index is -4.33. The van der Waals surface area contributed by atoms with Gasteiger partial charge >= 0.3 is 6.18 Å². The van der Waals surface area contributed by atoms with Crippen molar-refractivity contribution < 1.29 is 13.2 Å². The van der Waals surface area contributed by atoms with Crippen LogP contribution in [0.1, 0.15) is 17.7 Å². The first kappa shape index (κ1) is 20.9. The van der Waals surface area contributed by atoms with Gasteiger partial charge in [-0.25, -0.2) is 5.10 Å². The van der Waals surface area contributed by atoms with Crippen molar-refractivity contribution in [2.75, 3.05) is 18.0 Å². The van der Waals surface area contributed by atoms with Gasteiger partial charge in [-0.05, 0) is 11.6 Å². The zero-order chi connectivity index (χ0) is 21.0. The van der Waals surface area contributed by atoms with E-state index < -0.39 is 18.2 Å². The molecule has 0 saturated carbocycles. The summed E-state index contributed by atoms with van der Waals surface area (Å²) >= 11 is 6.06. The summed E-state index contributed by atoms with van der Waals surface area (Å²) in [6, 6.07) is 3.20. The van der Waals surface area contributed by atoms with Gasteiger partial charge < -0.3 is 15.6 Å². The Morgan fingerprint density at radius 3 is 2.86 bits per heavy atom. The normalized spacial score (nSPS) is 14.9. The first-order chi connectivity index (χ1) is 13.8. The van der Waals surface area contributed by atoms with Crippen molar-refractivity contribution >= 4 is 17.3 Å². The minimum Gasteiger partial charge on any atom is -0.383 e. The predicted molar refractivity (Wildman–Crippen MR) is 102 cm³/mol. The summed E-state index contributed by atoms with van der Waals surface area (Å²) in [5.41, 5.74) is 4.42. The first-order valence-corrected chi connectivity index (χ1v) is 9.06. The van der Waals surface area contributed by atoms with Crippen molar-refractivity contribution in [1.29, 1.82) is 0 Å². The quantitative estimate of drug-likeness (QED) is 0.407. The number of nitrogens with two attached hydrogens (primary N) is 1. The molecule has 5 N–H and O–H groups in total. The van der Waals surface area contributed by atoms with Gasteiger partial charge in [-0.1, -0.05) is 17.7 Å². The molecule has 0 bridgehead atoms. The zero-order valence-corrected chi connectivity index (χ0v) is 15.9.